The first-order valence-corrected chi connectivity index (χ1v) is 7.05. The molecular formula is C14H19N3O4. The number of nitrogens with one attached hydrogen (secondary N) is 1. The molecule has 1 fully saturated rings. The van der Waals surface area contributed by atoms with Crippen LogP contribution in [-0.4, -0.2) is 22.4 Å². The number of hydrogen-bond acceptors (Lipinski definition) is 5. The number of rotatable bonds is 7. The van der Waals surface area contributed by atoms with E-state index in [0.29, 0.717) is 12.0 Å². The van der Waals surface area contributed by atoms with Crippen molar-refractivity contribution in [2.45, 2.75) is 39.2 Å². The van der Waals surface area contributed by atoms with Crippen LogP contribution >= 0.6 is 0 Å². The fraction of sp³-hybridized carbons (Fsp3) is 0.571. The van der Waals surface area contributed by atoms with Crippen molar-refractivity contribution in [3.05, 3.63) is 44.0 Å². The highest BCUT2D eigenvalue weighted by molar-refractivity contribution is 5.49. The highest BCUT2D eigenvalue weighted by atomic mass is 16.6. The van der Waals surface area contributed by atoms with Gasteiger partial charge in [0.15, 0.2) is 0 Å². The van der Waals surface area contributed by atoms with Gasteiger partial charge in [0.1, 0.15) is 0 Å². The van der Waals surface area contributed by atoms with Crippen LogP contribution in [0.1, 0.15) is 32.3 Å². The second kappa shape index (κ2) is 5.77. The molecule has 0 spiro atoms. The van der Waals surface area contributed by atoms with Gasteiger partial charge in [-0.1, -0.05) is 6.92 Å². The minimum absolute atomic E-state index is 0.0386. The van der Waals surface area contributed by atoms with Gasteiger partial charge in [0.2, 0.25) is 0 Å². The molecule has 1 N–H and O–H groups in total. The minimum Gasteiger partial charge on any atom is -0.314 e. The Kier molecular flexibility index (Phi) is 4.22. The monoisotopic (exact) mass is 293 g/mol. The molecule has 7 nitrogen and oxygen atoms in total. The van der Waals surface area contributed by atoms with Crippen LogP contribution in [0.3, 0.4) is 0 Å². The van der Waals surface area contributed by atoms with Gasteiger partial charge in [-0.05, 0) is 44.2 Å². The Bertz CT molecular complexity index is 569. The van der Waals surface area contributed by atoms with E-state index in [0.717, 1.165) is 25.5 Å². The third-order valence-electron chi connectivity index (χ3n) is 4.34. The molecule has 1 aromatic rings. The van der Waals surface area contributed by atoms with Gasteiger partial charge in [-0.2, -0.15) is 0 Å². The zero-order chi connectivity index (χ0) is 15.6. The topological polar surface area (TPSA) is 98.3 Å². The molecule has 0 aromatic heterocycles. The van der Waals surface area contributed by atoms with Crippen LogP contribution < -0.4 is 5.32 Å². The Morgan fingerprint density at radius 1 is 1.29 bits per heavy atom. The summed E-state index contributed by atoms with van der Waals surface area (Å²) in [6.07, 6.45) is 2.63. The van der Waals surface area contributed by atoms with E-state index in [1.54, 1.807) is 0 Å². The fourth-order valence-corrected chi connectivity index (χ4v) is 2.81. The van der Waals surface area contributed by atoms with Crippen LogP contribution in [0.4, 0.5) is 11.4 Å². The Balaban J connectivity index is 2.28. The number of benzene rings is 1. The van der Waals surface area contributed by atoms with Crippen LogP contribution in [0.15, 0.2) is 18.2 Å². The maximum Gasteiger partial charge on any atom is 0.279 e. The summed E-state index contributed by atoms with van der Waals surface area (Å²) in [6, 6.07) is 4.20. The molecule has 0 radical (unpaired) electrons. The maximum atomic E-state index is 11.2. The summed E-state index contributed by atoms with van der Waals surface area (Å²) in [7, 11) is 0. The highest BCUT2D eigenvalue weighted by Crippen LogP contribution is 2.52. The van der Waals surface area contributed by atoms with Gasteiger partial charge < -0.3 is 5.32 Å². The average Bonchev–Trinajstić information content (AvgIpc) is 3.20. The first-order valence-electron chi connectivity index (χ1n) is 7.05. The van der Waals surface area contributed by atoms with E-state index < -0.39 is 9.85 Å². The molecule has 0 amide bonds. The molecule has 0 saturated heterocycles. The Labute approximate surface area is 122 Å². The first-order chi connectivity index (χ1) is 9.89. The summed E-state index contributed by atoms with van der Waals surface area (Å²) in [5, 5.41) is 25.3. The Hall–Kier alpha value is -2.02. The predicted molar refractivity (Wildman–Crippen MR) is 78.3 cm³/mol. The molecule has 0 heterocycles. The summed E-state index contributed by atoms with van der Waals surface area (Å²) >= 11 is 0. The van der Waals surface area contributed by atoms with Crippen LogP contribution in [0.5, 0.6) is 0 Å². The van der Waals surface area contributed by atoms with Crippen LogP contribution in [-0.2, 0) is 6.42 Å². The number of nitro groups is 2. The van der Waals surface area contributed by atoms with E-state index in [4.69, 9.17) is 0 Å². The third-order valence-corrected chi connectivity index (χ3v) is 4.34. The lowest BCUT2D eigenvalue weighted by Gasteiger charge is -2.24. The molecule has 1 aliphatic carbocycles. The van der Waals surface area contributed by atoms with Crippen molar-refractivity contribution in [3.8, 4) is 0 Å². The van der Waals surface area contributed by atoms with Gasteiger partial charge in [-0.3, -0.25) is 20.2 Å². The summed E-state index contributed by atoms with van der Waals surface area (Å²) in [5.41, 5.74) is 0.221. The van der Waals surface area contributed by atoms with E-state index in [9.17, 15) is 20.2 Å². The molecule has 7 heteroatoms. The molecule has 1 aromatic carbocycles. The number of non-ortho nitro benzene ring substituents is 1. The zero-order valence-corrected chi connectivity index (χ0v) is 12.2. The van der Waals surface area contributed by atoms with Crippen LogP contribution in [0.25, 0.3) is 0 Å². The molecule has 2 rings (SSSR count). The SMILES string of the molecule is CCNC(C)C1(Cc2ccc([N+](=O)[O-])cc2[N+](=O)[O-])CC1. The molecular weight excluding hydrogens is 274 g/mol. The summed E-state index contributed by atoms with van der Waals surface area (Å²) < 4.78 is 0. The molecule has 21 heavy (non-hydrogen) atoms. The first kappa shape index (κ1) is 15.4. The average molecular weight is 293 g/mol. The molecule has 0 bridgehead atoms. The van der Waals surface area contributed by atoms with Crippen molar-refractivity contribution in [2.75, 3.05) is 6.54 Å². The molecule has 0 aliphatic heterocycles. The van der Waals surface area contributed by atoms with E-state index in [-0.39, 0.29) is 22.8 Å². The second-order valence-corrected chi connectivity index (χ2v) is 5.65. The summed E-state index contributed by atoms with van der Waals surface area (Å²) in [5.74, 6) is 0. The summed E-state index contributed by atoms with van der Waals surface area (Å²) in [4.78, 5) is 20.8. The Morgan fingerprint density at radius 3 is 2.43 bits per heavy atom. The standard InChI is InChI=1S/C14H19N3O4/c1-3-15-10(2)14(6-7-14)9-11-4-5-12(16(18)19)8-13(11)17(20)21/h4-5,8,10,15H,3,6-7,9H2,1-2H3. The molecule has 1 atom stereocenters. The van der Waals surface area contributed by atoms with Crippen molar-refractivity contribution >= 4 is 11.4 Å². The van der Waals surface area contributed by atoms with Gasteiger partial charge in [-0.25, -0.2) is 0 Å². The van der Waals surface area contributed by atoms with Gasteiger partial charge >= 0.3 is 0 Å². The van der Waals surface area contributed by atoms with Crippen LogP contribution in [0.2, 0.25) is 0 Å². The lowest BCUT2D eigenvalue weighted by Crippen LogP contribution is -2.36. The smallest absolute Gasteiger partial charge is 0.279 e. The van der Waals surface area contributed by atoms with Crippen molar-refractivity contribution in [1.82, 2.24) is 5.32 Å². The normalized spacial score (nSPS) is 17.2. The minimum atomic E-state index is -0.606. The van der Waals surface area contributed by atoms with E-state index >= 15 is 0 Å². The lowest BCUT2D eigenvalue weighted by atomic mass is 9.89. The molecule has 1 unspecified atom stereocenters. The van der Waals surface area contributed by atoms with Crippen molar-refractivity contribution < 1.29 is 9.85 Å². The van der Waals surface area contributed by atoms with E-state index in [2.05, 4.69) is 12.2 Å². The maximum absolute atomic E-state index is 11.2. The van der Waals surface area contributed by atoms with Crippen molar-refractivity contribution in [2.24, 2.45) is 5.41 Å². The number of hydrogen-bond donors (Lipinski definition) is 1. The summed E-state index contributed by atoms with van der Waals surface area (Å²) in [6.45, 7) is 4.97. The fourth-order valence-electron chi connectivity index (χ4n) is 2.81. The van der Waals surface area contributed by atoms with Gasteiger partial charge in [0.25, 0.3) is 11.4 Å². The van der Waals surface area contributed by atoms with Crippen LogP contribution in [0, 0.1) is 25.6 Å². The molecule has 114 valence electrons. The predicted octanol–water partition coefficient (Wildman–Crippen LogP) is 2.82. The van der Waals surface area contributed by atoms with Crippen molar-refractivity contribution in [3.63, 3.8) is 0 Å². The van der Waals surface area contributed by atoms with E-state index in [1.807, 2.05) is 6.92 Å². The van der Waals surface area contributed by atoms with Gasteiger partial charge in [-0.15, -0.1) is 0 Å². The van der Waals surface area contributed by atoms with Crippen molar-refractivity contribution in [1.29, 1.82) is 0 Å². The zero-order valence-electron chi connectivity index (χ0n) is 12.2. The lowest BCUT2D eigenvalue weighted by molar-refractivity contribution is -0.394. The Morgan fingerprint density at radius 2 is 1.95 bits per heavy atom. The number of nitrogens with zero attached hydrogens (tertiary/aromatic N) is 2. The number of nitro benzene ring substituents is 2. The molecule has 1 aliphatic rings. The second-order valence-electron chi connectivity index (χ2n) is 5.65. The van der Waals surface area contributed by atoms with Gasteiger partial charge in [0, 0.05) is 17.7 Å². The third kappa shape index (κ3) is 3.18. The molecule has 1 saturated carbocycles. The highest BCUT2D eigenvalue weighted by Gasteiger charge is 2.47. The quantitative estimate of drug-likeness (QED) is 0.615. The largest absolute Gasteiger partial charge is 0.314 e. The van der Waals surface area contributed by atoms with Gasteiger partial charge in [0.05, 0.1) is 15.9 Å². The van der Waals surface area contributed by atoms with E-state index in [1.165, 1.54) is 12.1 Å².